The first kappa shape index (κ1) is 21.4. The third kappa shape index (κ3) is 3.88. The highest BCUT2D eigenvalue weighted by molar-refractivity contribution is 5.97. The van der Waals surface area contributed by atoms with Crippen molar-refractivity contribution in [3.8, 4) is 0 Å². The van der Waals surface area contributed by atoms with E-state index in [0.717, 1.165) is 6.42 Å². The largest absolute Gasteiger partial charge is 0.394 e. The molecule has 0 saturated carbocycles. The third-order valence-corrected chi connectivity index (χ3v) is 5.84. The van der Waals surface area contributed by atoms with Crippen LogP contribution in [0.5, 0.6) is 0 Å². The summed E-state index contributed by atoms with van der Waals surface area (Å²) in [5, 5.41) is 15.4. The van der Waals surface area contributed by atoms with Gasteiger partial charge in [0.25, 0.3) is 0 Å². The summed E-state index contributed by atoms with van der Waals surface area (Å²) in [7, 11) is 1.57. The van der Waals surface area contributed by atoms with Crippen molar-refractivity contribution in [2.45, 2.75) is 58.7 Å². The lowest BCUT2D eigenvalue weighted by atomic mass is 9.69. The van der Waals surface area contributed by atoms with Gasteiger partial charge in [-0.05, 0) is 32.6 Å². The molecule has 152 valence electrons. The van der Waals surface area contributed by atoms with Gasteiger partial charge in [0.2, 0.25) is 17.7 Å². The van der Waals surface area contributed by atoms with Crippen LogP contribution in [0.4, 0.5) is 0 Å². The molecule has 1 aliphatic carbocycles. The summed E-state index contributed by atoms with van der Waals surface area (Å²) in [4.78, 5) is 40.6. The van der Waals surface area contributed by atoms with E-state index in [-0.39, 0.29) is 42.2 Å². The third-order valence-electron chi connectivity index (χ3n) is 5.84. The smallest absolute Gasteiger partial charge is 0.243 e. The number of amides is 3. The number of nitrogens with one attached hydrogen (secondary N) is 2. The normalized spacial score (nSPS) is 31.0. The SMILES string of the molecule is CC[C@@H](CO)N1C(=O)[C@H]2[C@H](C=C[C@@H](CC)[C@H]2C(=O)NC)[C@H]1C(=O)NC(C)C. The van der Waals surface area contributed by atoms with Gasteiger partial charge in [-0.15, -0.1) is 0 Å². The fourth-order valence-electron chi connectivity index (χ4n) is 4.54. The topological polar surface area (TPSA) is 98.7 Å². The van der Waals surface area contributed by atoms with Gasteiger partial charge in [-0.1, -0.05) is 26.0 Å². The van der Waals surface area contributed by atoms with E-state index in [2.05, 4.69) is 10.6 Å². The lowest BCUT2D eigenvalue weighted by Crippen LogP contribution is -2.53. The molecule has 2 aliphatic rings. The van der Waals surface area contributed by atoms with Crippen molar-refractivity contribution >= 4 is 17.7 Å². The number of allylic oxidation sites excluding steroid dienone is 1. The first-order valence-electron chi connectivity index (χ1n) is 9.95. The molecule has 2 rings (SSSR count). The minimum absolute atomic E-state index is 0.0434. The molecule has 7 heteroatoms. The average Bonchev–Trinajstić information content (AvgIpc) is 2.94. The first-order chi connectivity index (χ1) is 12.8. The second kappa shape index (κ2) is 8.87. The number of nitrogens with zero attached hydrogens (tertiary/aromatic N) is 1. The average molecular weight is 380 g/mol. The Morgan fingerprint density at radius 1 is 1.22 bits per heavy atom. The number of rotatable bonds is 7. The molecule has 1 aliphatic heterocycles. The molecular weight excluding hydrogens is 346 g/mol. The predicted octanol–water partition coefficient (Wildman–Crippen LogP) is 0.683. The van der Waals surface area contributed by atoms with Crippen molar-refractivity contribution in [1.82, 2.24) is 15.5 Å². The van der Waals surface area contributed by atoms with E-state index >= 15 is 0 Å². The molecule has 0 unspecified atom stereocenters. The first-order valence-corrected chi connectivity index (χ1v) is 9.95. The molecule has 3 amide bonds. The Labute approximate surface area is 161 Å². The van der Waals surface area contributed by atoms with E-state index in [1.54, 1.807) is 7.05 Å². The molecule has 1 fully saturated rings. The summed E-state index contributed by atoms with van der Waals surface area (Å²) >= 11 is 0. The van der Waals surface area contributed by atoms with Crippen LogP contribution < -0.4 is 10.6 Å². The second-order valence-corrected chi connectivity index (χ2v) is 7.80. The number of aliphatic hydroxyl groups excluding tert-OH is 1. The van der Waals surface area contributed by atoms with Gasteiger partial charge in [0.15, 0.2) is 0 Å². The molecule has 0 aromatic carbocycles. The van der Waals surface area contributed by atoms with Crippen LogP contribution in [0.3, 0.4) is 0 Å². The van der Waals surface area contributed by atoms with Gasteiger partial charge in [-0.2, -0.15) is 0 Å². The van der Waals surface area contributed by atoms with Gasteiger partial charge in [0.05, 0.1) is 24.5 Å². The van der Waals surface area contributed by atoms with Crippen LogP contribution in [0.2, 0.25) is 0 Å². The number of carbonyl (C=O) groups is 3. The molecule has 0 bridgehead atoms. The minimum atomic E-state index is -0.705. The lowest BCUT2D eigenvalue weighted by Gasteiger charge is -2.34. The zero-order chi connectivity index (χ0) is 20.3. The van der Waals surface area contributed by atoms with Gasteiger partial charge in [0.1, 0.15) is 6.04 Å². The van der Waals surface area contributed by atoms with E-state index in [9.17, 15) is 19.5 Å². The van der Waals surface area contributed by atoms with Crippen LogP contribution in [0.15, 0.2) is 12.2 Å². The van der Waals surface area contributed by atoms with Crippen molar-refractivity contribution in [2.24, 2.45) is 23.7 Å². The quantitative estimate of drug-likeness (QED) is 0.567. The minimum Gasteiger partial charge on any atom is -0.394 e. The molecule has 0 aromatic rings. The predicted molar refractivity (Wildman–Crippen MR) is 103 cm³/mol. The summed E-state index contributed by atoms with van der Waals surface area (Å²) in [6.45, 7) is 7.41. The highest BCUT2D eigenvalue weighted by atomic mass is 16.3. The Hall–Kier alpha value is -1.89. The number of likely N-dealkylation sites (tertiary alicyclic amines) is 1. The molecule has 1 heterocycles. The molecule has 0 spiro atoms. The van der Waals surface area contributed by atoms with E-state index in [1.807, 2.05) is 39.8 Å². The second-order valence-electron chi connectivity index (χ2n) is 7.80. The Kier molecular flexibility index (Phi) is 7.03. The van der Waals surface area contributed by atoms with Crippen molar-refractivity contribution in [1.29, 1.82) is 0 Å². The lowest BCUT2D eigenvalue weighted by molar-refractivity contribution is -0.143. The van der Waals surface area contributed by atoms with Gasteiger partial charge >= 0.3 is 0 Å². The summed E-state index contributed by atoms with van der Waals surface area (Å²) in [6.07, 6.45) is 5.20. The van der Waals surface area contributed by atoms with Crippen molar-refractivity contribution in [2.75, 3.05) is 13.7 Å². The van der Waals surface area contributed by atoms with Gasteiger partial charge < -0.3 is 20.6 Å². The molecule has 0 aromatic heterocycles. The zero-order valence-corrected chi connectivity index (χ0v) is 16.9. The van der Waals surface area contributed by atoms with Gasteiger partial charge in [0, 0.05) is 19.0 Å². The van der Waals surface area contributed by atoms with E-state index in [4.69, 9.17) is 0 Å². The molecular formula is C20H33N3O4. The number of hydrogen-bond acceptors (Lipinski definition) is 4. The van der Waals surface area contributed by atoms with Crippen molar-refractivity contribution in [3.05, 3.63) is 12.2 Å². The summed E-state index contributed by atoms with van der Waals surface area (Å²) < 4.78 is 0. The molecule has 7 nitrogen and oxygen atoms in total. The van der Waals surface area contributed by atoms with Crippen LogP contribution in [0.1, 0.15) is 40.5 Å². The van der Waals surface area contributed by atoms with Crippen molar-refractivity contribution in [3.63, 3.8) is 0 Å². The number of hydrogen-bond donors (Lipinski definition) is 3. The highest BCUT2D eigenvalue weighted by Gasteiger charge is 2.58. The summed E-state index contributed by atoms with van der Waals surface area (Å²) in [5.41, 5.74) is 0. The highest BCUT2D eigenvalue weighted by Crippen LogP contribution is 2.45. The Morgan fingerprint density at radius 3 is 2.37 bits per heavy atom. The number of fused-ring (bicyclic) bond motifs is 1. The monoisotopic (exact) mass is 379 g/mol. The molecule has 6 atom stereocenters. The maximum absolute atomic E-state index is 13.4. The Bertz CT molecular complexity index is 600. The van der Waals surface area contributed by atoms with Crippen LogP contribution in [0, 0.1) is 23.7 Å². The van der Waals surface area contributed by atoms with Crippen LogP contribution in [-0.4, -0.2) is 59.5 Å². The van der Waals surface area contributed by atoms with E-state index in [0.29, 0.717) is 6.42 Å². The summed E-state index contributed by atoms with van der Waals surface area (Å²) in [6, 6.07) is -1.21. The Morgan fingerprint density at radius 2 is 1.89 bits per heavy atom. The van der Waals surface area contributed by atoms with Crippen LogP contribution in [0.25, 0.3) is 0 Å². The maximum Gasteiger partial charge on any atom is 0.243 e. The fourth-order valence-corrected chi connectivity index (χ4v) is 4.54. The summed E-state index contributed by atoms with van der Waals surface area (Å²) in [5.74, 6) is -2.10. The maximum atomic E-state index is 13.4. The fraction of sp³-hybridized carbons (Fsp3) is 0.750. The molecule has 3 N–H and O–H groups in total. The van der Waals surface area contributed by atoms with E-state index in [1.165, 1.54) is 4.90 Å². The molecule has 27 heavy (non-hydrogen) atoms. The number of carbonyl (C=O) groups excluding carboxylic acids is 3. The van der Waals surface area contributed by atoms with Gasteiger partial charge in [-0.25, -0.2) is 0 Å². The van der Waals surface area contributed by atoms with E-state index < -0.39 is 23.9 Å². The Balaban J connectivity index is 2.52. The number of aliphatic hydroxyl groups is 1. The molecule has 1 saturated heterocycles. The zero-order valence-electron chi connectivity index (χ0n) is 16.9. The standard InChI is InChI=1S/C20H33N3O4/c1-6-12-8-9-14-16(15(12)18(25)21-5)20(27)23(13(7-2)10-24)17(14)19(26)22-11(3)4/h8-9,11-17,24H,6-7,10H2,1-5H3,(H,21,25)(H,22,26)/t12-,13+,14+,15-,16+,17+/m1/s1. The molecule has 0 radical (unpaired) electrons. The van der Waals surface area contributed by atoms with Crippen molar-refractivity contribution < 1.29 is 19.5 Å². The van der Waals surface area contributed by atoms with Crippen LogP contribution in [-0.2, 0) is 14.4 Å². The van der Waals surface area contributed by atoms with Crippen LogP contribution >= 0.6 is 0 Å². The van der Waals surface area contributed by atoms with Gasteiger partial charge in [-0.3, -0.25) is 14.4 Å².